The zero-order valence-corrected chi connectivity index (χ0v) is 23.4. The van der Waals surface area contributed by atoms with Crippen molar-refractivity contribution in [2.24, 2.45) is 0 Å². The molecule has 0 aliphatic heterocycles. The lowest BCUT2D eigenvalue weighted by molar-refractivity contribution is -0.118. The first-order valence-electron chi connectivity index (χ1n) is 13.1. The normalized spacial score (nSPS) is 14.1. The van der Waals surface area contributed by atoms with Crippen molar-refractivity contribution in [3.8, 4) is 28.6 Å². The van der Waals surface area contributed by atoms with Crippen LogP contribution in [0, 0.1) is 0 Å². The summed E-state index contributed by atoms with van der Waals surface area (Å²) in [6.45, 7) is 13.5. The van der Waals surface area contributed by atoms with Crippen LogP contribution in [0.2, 0.25) is 0 Å². The van der Waals surface area contributed by atoms with Gasteiger partial charge in [-0.15, -0.1) is 0 Å². The summed E-state index contributed by atoms with van der Waals surface area (Å²) in [7, 11) is 1.61. The molecule has 1 aromatic heterocycles. The van der Waals surface area contributed by atoms with Gasteiger partial charge in [0.1, 0.15) is 5.76 Å². The van der Waals surface area contributed by atoms with Gasteiger partial charge in [0.25, 0.3) is 0 Å². The van der Waals surface area contributed by atoms with Crippen LogP contribution in [0.5, 0.6) is 17.2 Å². The van der Waals surface area contributed by atoms with E-state index in [1.807, 2.05) is 90.1 Å². The molecule has 0 aliphatic rings. The van der Waals surface area contributed by atoms with Gasteiger partial charge in [0.2, 0.25) is 0 Å². The highest BCUT2D eigenvalue weighted by Gasteiger charge is 2.17. The number of ether oxygens (including phenoxy) is 7. The van der Waals surface area contributed by atoms with Crippen LogP contribution >= 0.6 is 0 Å². The van der Waals surface area contributed by atoms with Gasteiger partial charge >= 0.3 is 0 Å². The van der Waals surface area contributed by atoms with Gasteiger partial charge in [-0.2, -0.15) is 0 Å². The molecule has 1 heterocycles. The molecule has 0 bridgehead atoms. The predicted molar refractivity (Wildman–Crippen MR) is 148 cm³/mol. The third-order valence-electron chi connectivity index (χ3n) is 5.58. The van der Waals surface area contributed by atoms with E-state index in [2.05, 4.69) is 0 Å². The highest BCUT2D eigenvalue weighted by atomic mass is 16.7. The summed E-state index contributed by atoms with van der Waals surface area (Å²) in [6.07, 6.45) is 2.84. The molecule has 0 aliphatic carbocycles. The second-order valence-electron chi connectivity index (χ2n) is 8.45. The second-order valence-corrected chi connectivity index (χ2v) is 8.45. The van der Waals surface area contributed by atoms with Crippen LogP contribution in [-0.2, 0) is 18.9 Å². The first-order valence-corrected chi connectivity index (χ1v) is 13.1. The van der Waals surface area contributed by atoms with E-state index < -0.39 is 12.6 Å². The van der Waals surface area contributed by atoms with Gasteiger partial charge in [0.05, 0.1) is 13.7 Å². The Kier molecular flexibility index (Phi) is 11.5. The fourth-order valence-electron chi connectivity index (χ4n) is 3.94. The van der Waals surface area contributed by atoms with Gasteiger partial charge in [-0.3, -0.25) is 0 Å². The Morgan fingerprint density at radius 3 is 2.05 bits per heavy atom. The largest absolute Gasteiger partial charge is 0.493 e. The van der Waals surface area contributed by atoms with Crippen LogP contribution in [0.25, 0.3) is 28.4 Å². The fourth-order valence-corrected chi connectivity index (χ4v) is 3.94. The standard InChI is InChI=1S/C30H40O8/c1-8-32-20(4)35-15-11-12-23-16-25-19-27(38-30(25)29(17-23)37-22(6)34-10-3)24-13-14-26(28(18-24)31-7)36-21(5)33-9-2/h11-14,16-22H,8-10,15H2,1-7H3. The Bertz CT molecular complexity index is 1170. The SMILES string of the molecule is CCOC(C)OCC=Cc1cc(OC(C)OCC)c2oc(-c3ccc(OC(C)OCC)c(OC)c3)cc2c1. The molecule has 8 nitrogen and oxygen atoms in total. The molecule has 0 saturated heterocycles. The molecule has 8 heteroatoms. The minimum absolute atomic E-state index is 0.259. The van der Waals surface area contributed by atoms with E-state index in [1.165, 1.54) is 0 Å². The molecule has 0 spiro atoms. The monoisotopic (exact) mass is 528 g/mol. The van der Waals surface area contributed by atoms with E-state index in [0.717, 1.165) is 16.5 Å². The molecule has 2 aromatic carbocycles. The minimum Gasteiger partial charge on any atom is -0.493 e. The maximum atomic E-state index is 6.30. The molecule has 0 N–H and O–H groups in total. The van der Waals surface area contributed by atoms with Crippen molar-refractivity contribution in [1.82, 2.24) is 0 Å². The molecular weight excluding hydrogens is 488 g/mol. The minimum atomic E-state index is -0.435. The Morgan fingerprint density at radius 1 is 0.737 bits per heavy atom. The molecule has 3 unspecified atom stereocenters. The number of methoxy groups -OCH3 is 1. The van der Waals surface area contributed by atoms with Crippen LogP contribution < -0.4 is 14.2 Å². The van der Waals surface area contributed by atoms with E-state index in [0.29, 0.717) is 55.0 Å². The van der Waals surface area contributed by atoms with Gasteiger partial charge in [0, 0.05) is 30.8 Å². The van der Waals surface area contributed by atoms with Gasteiger partial charge in [0.15, 0.2) is 41.7 Å². The summed E-state index contributed by atoms with van der Waals surface area (Å²) >= 11 is 0. The number of hydrogen-bond donors (Lipinski definition) is 0. The van der Waals surface area contributed by atoms with E-state index in [9.17, 15) is 0 Å². The summed E-state index contributed by atoms with van der Waals surface area (Å²) in [5, 5.41) is 0.897. The van der Waals surface area contributed by atoms with Gasteiger partial charge < -0.3 is 37.6 Å². The summed E-state index contributed by atoms with van der Waals surface area (Å²) in [5.74, 6) is 2.44. The fraction of sp³-hybridized carbons (Fsp3) is 0.467. The quantitative estimate of drug-likeness (QED) is 0.183. The summed E-state index contributed by atoms with van der Waals surface area (Å²) < 4.78 is 46.0. The number of fused-ring (bicyclic) bond motifs is 1. The van der Waals surface area contributed by atoms with Crippen molar-refractivity contribution in [2.45, 2.75) is 60.4 Å². The van der Waals surface area contributed by atoms with Gasteiger partial charge in [-0.25, -0.2) is 0 Å². The molecule has 0 amide bonds. The number of furan rings is 1. The lowest BCUT2D eigenvalue weighted by atomic mass is 10.1. The Morgan fingerprint density at radius 2 is 1.39 bits per heavy atom. The number of benzene rings is 2. The zero-order valence-electron chi connectivity index (χ0n) is 23.4. The number of hydrogen-bond acceptors (Lipinski definition) is 8. The van der Waals surface area contributed by atoms with E-state index in [1.54, 1.807) is 7.11 Å². The van der Waals surface area contributed by atoms with Crippen molar-refractivity contribution in [2.75, 3.05) is 33.5 Å². The molecule has 38 heavy (non-hydrogen) atoms. The topological polar surface area (TPSA) is 77.8 Å². The average molecular weight is 529 g/mol. The highest BCUT2D eigenvalue weighted by molar-refractivity contribution is 5.89. The lowest BCUT2D eigenvalue weighted by Gasteiger charge is -2.17. The Labute approximate surface area is 225 Å². The molecule has 3 aromatic rings. The third kappa shape index (κ3) is 8.23. The van der Waals surface area contributed by atoms with Crippen molar-refractivity contribution < 1.29 is 37.6 Å². The van der Waals surface area contributed by atoms with Crippen molar-refractivity contribution >= 4 is 17.0 Å². The van der Waals surface area contributed by atoms with Crippen LogP contribution in [0.3, 0.4) is 0 Å². The van der Waals surface area contributed by atoms with Crippen LogP contribution in [0.4, 0.5) is 0 Å². The molecule has 3 atom stereocenters. The first-order chi connectivity index (χ1) is 18.4. The highest BCUT2D eigenvalue weighted by Crippen LogP contribution is 2.38. The second kappa shape index (κ2) is 14.8. The maximum absolute atomic E-state index is 6.30. The van der Waals surface area contributed by atoms with Crippen LogP contribution in [0.1, 0.15) is 47.1 Å². The zero-order chi connectivity index (χ0) is 27.5. The van der Waals surface area contributed by atoms with Gasteiger partial charge in [-0.1, -0.05) is 12.2 Å². The van der Waals surface area contributed by atoms with E-state index in [4.69, 9.17) is 37.6 Å². The maximum Gasteiger partial charge on any atom is 0.197 e. The average Bonchev–Trinajstić information content (AvgIpc) is 3.32. The van der Waals surface area contributed by atoms with Crippen LogP contribution in [0.15, 0.2) is 46.9 Å². The smallest absolute Gasteiger partial charge is 0.197 e. The molecule has 0 saturated carbocycles. The van der Waals surface area contributed by atoms with Crippen molar-refractivity contribution in [1.29, 1.82) is 0 Å². The Hall–Kier alpha value is -3.04. The first kappa shape index (κ1) is 29.5. The Balaban J connectivity index is 1.92. The van der Waals surface area contributed by atoms with Crippen LogP contribution in [-0.4, -0.2) is 52.4 Å². The molecule has 0 radical (unpaired) electrons. The third-order valence-corrected chi connectivity index (χ3v) is 5.58. The van der Waals surface area contributed by atoms with E-state index >= 15 is 0 Å². The van der Waals surface area contributed by atoms with Crippen molar-refractivity contribution in [3.63, 3.8) is 0 Å². The summed E-state index contributed by atoms with van der Waals surface area (Å²) in [4.78, 5) is 0. The van der Waals surface area contributed by atoms with Crippen molar-refractivity contribution in [3.05, 3.63) is 48.0 Å². The predicted octanol–water partition coefficient (Wildman–Crippen LogP) is 7.04. The molecular formula is C30H40O8. The molecule has 3 rings (SSSR count). The summed E-state index contributed by atoms with van der Waals surface area (Å²) in [6, 6.07) is 11.6. The summed E-state index contributed by atoms with van der Waals surface area (Å²) in [5.41, 5.74) is 2.42. The van der Waals surface area contributed by atoms with Gasteiger partial charge in [-0.05, 0) is 83.5 Å². The molecule has 0 fully saturated rings. The lowest BCUT2D eigenvalue weighted by Crippen LogP contribution is -2.16. The van der Waals surface area contributed by atoms with E-state index in [-0.39, 0.29) is 6.29 Å². The number of rotatable bonds is 16. The molecule has 208 valence electrons.